The normalized spacial score (nSPS) is 11.7. The molecule has 0 aliphatic rings. The Hall–Kier alpha value is -3.74. The van der Waals surface area contributed by atoms with E-state index in [1.54, 1.807) is 42.1 Å². The molecule has 0 saturated carbocycles. The summed E-state index contributed by atoms with van der Waals surface area (Å²) < 4.78 is 9.37. The molecule has 4 rings (SSSR count). The molecule has 2 aromatic heterocycles. The number of ether oxygens (including phenoxy) is 1. The van der Waals surface area contributed by atoms with E-state index in [1.165, 1.54) is 0 Å². The molecule has 0 aliphatic carbocycles. The summed E-state index contributed by atoms with van der Waals surface area (Å²) in [6.07, 6.45) is 1.55. The second-order valence-corrected chi connectivity index (χ2v) is 8.97. The predicted molar refractivity (Wildman–Crippen MR) is 125 cm³/mol. The molecule has 0 radical (unpaired) electrons. The number of hydrogen-bond donors (Lipinski definition) is 2. The Morgan fingerprint density at radius 2 is 1.77 bits per heavy atom. The van der Waals surface area contributed by atoms with Crippen LogP contribution in [0, 0.1) is 5.41 Å². The van der Waals surface area contributed by atoms with E-state index in [2.05, 4.69) is 25.8 Å². The SMILES string of the molecule is Cn1c(=O)n(CC(C)(C)C)c2ccc(-c3cc(Oc4ccc(N)cn4)ccc3N)cc21. The van der Waals surface area contributed by atoms with E-state index in [1.807, 2.05) is 28.8 Å². The third-order valence-corrected chi connectivity index (χ3v) is 5.10. The van der Waals surface area contributed by atoms with Gasteiger partial charge < -0.3 is 16.2 Å². The van der Waals surface area contributed by atoms with Crippen LogP contribution in [0.15, 0.2) is 59.5 Å². The number of anilines is 2. The molecule has 31 heavy (non-hydrogen) atoms. The molecule has 160 valence electrons. The minimum atomic E-state index is -0.0263. The Morgan fingerprint density at radius 1 is 1.00 bits per heavy atom. The van der Waals surface area contributed by atoms with Crippen LogP contribution in [0.25, 0.3) is 22.2 Å². The molecular formula is C24H27N5O2. The highest BCUT2D eigenvalue weighted by atomic mass is 16.5. The number of rotatable bonds is 4. The van der Waals surface area contributed by atoms with E-state index in [-0.39, 0.29) is 11.1 Å². The Morgan fingerprint density at radius 3 is 2.45 bits per heavy atom. The third kappa shape index (κ3) is 4.12. The lowest BCUT2D eigenvalue weighted by Crippen LogP contribution is -2.27. The first-order chi connectivity index (χ1) is 14.6. The summed E-state index contributed by atoms with van der Waals surface area (Å²) in [6.45, 7) is 7.00. The molecule has 7 heteroatoms. The average molecular weight is 418 g/mol. The lowest BCUT2D eigenvalue weighted by Gasteiger charge is -2.18. The van der Waals surface area contributed by atoms with Crippen LogP contribution in [0.5, 0.6) is 11.6 Å². The maximum absolute atomic E-state index is 12.8. The number of pyridine rings is 1. The molecule has 0 amide bonds. The van der Waals surface area contributed by atoms with Crippen molar-refractivity contribution < 1.29 is 4.74 Å². The van der Waals surface area contributed by atoms with Crippen LogP contribution in [0.4, 0.5) is 11.4 Å². The second kappa shape index (κ2) is 7.50. The maximum Gasteiger partial charge on any atom is 0.328 e. The van der Waals surface area contributed by atoms with E-state index >= 15 is 0 Å². The molecule has 0 spiro atoms. The van der Waals surface area contributed by atoms with Gasteiger partial charge in [0, 0.05) is 30.9 Å². The fourth-order valence-corrected chi connectivity index (χ4v) is 3.62. The van der Waals surface area contributed by atoms with Gasteiger partial charge in [0.1, 0.15) is 5.75 Å². The lowest BCUT2D eigenvalue weighted by molar-refractivity contribution is 0.342. The first-order valence-electron chi connectivity index (χ1n) is 10.1. The number of aryl methyl sites for hydroxylation is 1. The zero-order valence-electron chi connectivity index (χ0n) is 18.2. The van der Waals surface area contributed by atoms with Crippen LogP contribution in [0.3, 0.4) is 0 Å². The topological polar surface area (TPSA) is 101 Å². The molecule has 0 atom stereocenters. The molecule has 2 heterocycles. The van der Waals surface area contributed by atoms with Crippen molar-refractivity contribution in [1.82, 2.24) is 14.1 Å². The smallest absolute Gasteiger partial charge is 0.328 e. The van der Waals surface area contributed by atoms with Gasteiger partial charge in [-0.05, 0) is 47.4 Å². The molecule has 7 nitrogen and oxygen atoms in total. The molecule has 0 saturated heterocycles. The van der Waals surface area contributed by atoms with Gasteiger partial charge in [-0.1, -0.05) is 26.8 Å². The predicted octanol–water partition coefficient (Wildman–Crippen LogP) is 4.40. The molecule has 4 aromatic rings. The highest BCUT2D eigenvalue weighted by Crippen LogP contribution is 2.33. The van der Waals surface area contributed by atoms with Crippen molar-refractivity contribution in [2.75, 3.05) is 11.5 Å². The van der Waals surface area contributed by atoms with Gasteiger partial charge in [0.25, 0.3) is 0 Å². The molecule has 0 aliphatic heterocycles. The summed E-state index contributed by atoms with van der Waals surface area (Å²) >= 11 is 0. The summed E-state index contributed by atoms with van der Waals surface area (Å²) in [7, 11) is 1.79. The Balaban J connectivity index is 1.75. The summed E-state index contributed by atoms with van der Waals surface area (Å²) in [6, 6.07) is 14.9. The number of nitrogens with zero attached hydrogens (tertiary/aromatic N) is 3. The third-order valence-electron chi connectivity index (χ3n) is 5.10. The van der Waals surface area contributed by atoms with Gasteiger partial charge in [0.05, 0.1) is 22.9 Å². The molecule has 0 bridgehead atoms. The van der Waals surface area contributed by atoms with Crippen molar-refractivity contribution in [3.63, 3.8) is 0 Å². The quantitative estimate of drug-likeness (QED) is 0.479. The van der Waals surface area contributed by atoms with E-state index < -0.39 is 0 Å². The van der Waals surface area contributed by atoms with Gasteiger partial charge in [-0.2, -0.15) is 0 Å². The van der Waals surface area contributed by atoms with Crippen molar-refractivity contribution in [2.24, 2.45) is 12.5 Å². The fourth-order valence-electron chi connectivity index (χ4n) is 3.62. The number of hydrogen-bond acceptors (Lipinski definition) is 5. The number of aromatic nitrogens is 3. The number of nitrogen functional groups attached to an aromatic ring is 2. The highest BCUT2D eigenvalue weighted by molar-refractivity contribution is 5.86. The van der Waals surface area contributed by atoms with Gasteiger partial charge in [-0.3, -0.25) is 9.13 Å². The number of imidazole rings is 1. The van der Waals surface area contributed by atoms with E-state index in [4.69, 9.17) is 16.2 Å². The maximum atomic E-state index is 12.8. The molecule has 0 fully saturated rings. The second-order valence-electron chi connectivity index (χ2n) is 8.97. The van der Waals surface area contributed by atoms with Crippen molar-refractivity contribution in [2.45, 2.75) is 27.3 Å². The largest absolute Gasteiger partial charge is 0.439 e. The van der Waals surface area contributed by atoms with Crippen LogP contribution in [-0.2, 0) is 13.6 Å². The standard InChI is InChI=1S/C24H27N5O2/c1-24(2,3)14-29-20-9-5-15(11-21(20)28(4)23(29)30)18-12-17(7-8-19(18)26)31-22-10-6-16(25)13-27-22/h5-13H,14,25-26H2,1-4H3. The molecule has 2 aromatic carbocycles. The number of nitrogens with two attached hydrogens (primary N) is 2. The van der Waals surface area contributed by atoms with Crippen LogP contribution in [0.1, 0.15) is 20.8 Å². The van der Waals surface area contributed by atoms with E-state index in [9.17, 15) is 4.79 Å². The Labute approximate surface area is 180 Å². The Kier molecular flexibility index (Phi) is 4.97. The lowest BCUT2D eigenvalue weighted by atomic mass is 9.97. The van der Waals surface area contributed by atoms with Crippen LogP contribution in [0.2, 0.25) is 0 Å². The van der Waals surface area contributed by atoms with Crippen molar-refractivity contribution in [1.29, 1.82) is 0 Å². The van der Waals surface area contributed by atoms with E-state index in [0.29, 0.717) is 29.5 Å². The first kappa shape index (κ1) is 20.5. The summed E-state index contributed by atoms with van der Waals surface area (Å²) in [4.78, 5) is 17.0. The summed E-state index contributed by atoms with van der Waals surface area (Å²) in [5.41, 5.74) is 16.6. The van der Waals surface area contributed by atoms with E-state index in [0.717, 1.165) is 22.2 Å². The zero-order chi connectivity index (χ0) is 22.3. The zero-order valence-corrected chi connectivity index (χ0v) is 18.2. The van der Waals surface area contributed by atoms with Crippen molar-refractivity contribution in [3.05, 3.63) is 65.2 Å². The van der Waals surface area contributed by atoms with Crippen molar-refractivity contribution >= 4 is 22.4 Å². The minimum absolute atomic E-state index is 0.0109. The van der Waals surface area contributed by atoms with Crippen molar-refractivity contribution in [3.8, 4) is 22.8 Å². The summed E-state index contributed by atoms with van der Waals surface area (Å²) in [5, 5.41) is 0. The first-order valence-corrected chi connectivity index (χ1v) is 10.1. The van der Waals surface area contributed by atoms with Gasteiger partial charge >= 0.3 is 5.69 Å². The highest BCUT2D eigenvalue weighted by Gasteiger charge is 2.18. The summed E-state index contributed by atoms with van der Waals surface area (Å²) in [5.74, 6) is 1.06. The minimum Gasteiger partial charge on any atom is -0.439 e. The molecule has 0 unspecified atom stereocenters. The van der Waals surface area contributed by atoms with Crippen LogP contribution >= 0.6 is 0 Å². The van der Waals surface area contributed by atoms with Gasteiger partial charge in [-0.25, -0.2) is 9.78 Å². The van der Waals surface area contributed by atoms with Gasteiger partial charge in [0.15, 0.2) is 0 Å². The van der Waals surface area contributed by atoms with Gasteiger partial charge in [-0.15, -0.1) is 0 Å². The Bertz CT molecular complexity index is 1310. The van der Waals surface area contributed by atoms with Gasteiger partial charge in [0.2, 0.25) is 5.88 Å². The van der Waals surface area contributed by atoms with Crippen LogP contribution in [-0.4, -0.2) is 14.1 Å². The molecule has 4 N–H and O–H groups in total. The number of benzene rings is 2. The average Bonchev–Trinajstić information content (AvgIpc) is 2.94. The fraction of sp³-hybridized carbons (Fsp3) is 0.250. The molecular weight excluding hydrogens is 390 g/mol. The monoisotopic (exact) mass is 417 g/mol. The number of fused-ring (bicyclic) bond motifs is 1. The van der Waals surface area contributed by atoms with Crippen LogP contribution < -0.4 is 21.9 Å².